The zero-order chi connectivity index (χ0) is 19.4. The molecule has 0 spiro atoms. The highest BCUT2D eigenvalue weighted by molar-refractivity contribution is 5.94. The number of halogens is 3. The van der Waals surface area contributed by atoms with Gasteiger partial charge in [0.25, 0.3) is 5.91 Å². The maximum absolute atomic E-state index is 13.0. The van der Waals surface area contributed by atoms with Crippen molar-refractivity contribution < 1.29 is 23.1 Å². The van der Waals surface area contributed by atoms with Crippen molar-refractivity contribution in [3.8, 4) is 0 Å². The van der Waals surface area contributed by atoms with Gasteiger partial charge in [-0.05, 0) is 35.8 Å². The lowest BCUT2D eigenvalue weighted by molar-refractivity contribution is -0.245. The van der Waals surface area contributed by atoms with Crippen molar-refractivity contribution in [3.63, 3.8) is 0 Å². The molecule has 1 amide bonds. The van der Waals surface area contributed by atoms with Crippen molar-refractivity contribution in [2.45, 2.75) is 18.2 Å². The molecule has 0 fully saturated rings. The Morgan fingerprint density at radius 3 is 2.19 bits per heavy atom. The quantitative estimate of drug-likeness (QED) is 0.790. The highest BCUT2D eigenvalue weighted by atomic mass is 19.4. The summed E-state index contributed by atoms with van der Waals surface area (Å²) >= 11 is 0. The molecule has 0 aliphatic heterocycles. The number of benzene rings is 2. The number of carbonyl (C=O) groups is 1. The van der Waals surface area contributed by atoms with Crippen molar-refractivity contribution in [1.29, 1.82) is 0 Å². The van der Waals surface area contributed by atoms with Crippen LogP contribution in [0.2, 0.25) is 0 Å². The van der Waals surface area contributed by atoms with Crippen molar-refractivity contribution in [2.75, 3.05) is 13.6 Å². The minimum atomic E-state index is -4.90. The van der Waals surface area contributed by atoms with E-state index in [9.17, 15) is 23.1 Å². The Kier molecular flexibility index (Phi) is 5.87. The zero-order valence-electron chi connectivity index (χ0n) is 14.3. The number of hydrogen-bond acceptors (Lipinski definition) is 2. The third-order valence-corrected chi connectivity index (χ3v) is 4.22. The number of rotatable bonds is 6. The first-order chi connectivity index (χ1) is 12.2. The zero-order valence-corrected chi connectivity index (χ0v) is 14.3. The second-order valence-corrected chi connectivity index (χ2v) is 6.01. The summed E-state index contributed by atoms with van der Waals surface area (Å²) in [6.07, 6.45) is -3.78. The normalized spacial score (nSPS) is 13.7. The van der Waals surface area contributed by atoms with E-state index < -0.39 is 11.8 Å². The Morgan fingerprint density at radius 1 is 1.12 bits per heavy atom. The SMILES string of the molecule is C=CC(O)(c1ccc(C(=O)N(C)CCc2ccccc2)cc1)C(F)(F)F. The summed E-state index contributed by atoms with van der Waals surface area (Å²) in [5.74, 6) is -0.304. The van der Waals surface area contributed by atoms with E-state index in [0.717, 1.165) is 17.7 Å². The molecule has 2 aromatic rings. The number of alkyl halides is 3. The largest absolute Gasteiger partial charge is 0.425 e. The van der Waals surface area contributed by atoms with E-state index in [0.29, 0.717) is 19.0 Å². The predicted octanol–water partition coefficient (Wildman–Crippen LogP) is 3.94. The molecule has 0 aliphatic rings. The van der Waals surface area contributed by atoms with Crippen LogP contribution in [0.5, 0.6) is 0 Å². The molecule has 0 heterocycles. The fourth-order valence-electron chi connectivity index (χ4n) is 2.53. The fraction of sp³-hybridized carbons (Fsp3) is 0.250. The summed E-state index contributed by atoms with van der Waals surface area (Å²) in [6, 6.07) is 14.4. The lowest BCUT2D eigenvalue weighted by Gasteiger charge is -2.27. The second-order valence-electron chi connectivity index (χ2n) is 6.01. The highest BCUT2D eigenvalue weighted by Gasteiger charge is 2.52. The van der Waals surface area contributed by atoms with Gasteiger partial charge in [-0.3, -0.25) is 4.79 Å². The maximum Gasteiger partial charge on any atom is 0.425 e. The molecular weight excluding hydrogens is 343 g/mol. The highest BCUT2D eigenvalue weighted by Crippen LogP contribution is 2.39. The third kappa shape index (κ3) is 4.14. The van der Waals surface area contributed by atoms with Crippen LogP contribution in [0, 0.1) is 0 Å². The summed E-state index contributed by atoms with van der Waals surface area (Å²) in [5.41, 5.74) is -2.20. The Balaban J connectivity index is 2.09. The first kappa shape index (κ1) is 19.7. The van der Waals surface area contributed by atoms with E-state index in [2.05, 4.69) is 6.58 Å². The molecule has 0 bridgehead atoms. The van der Waals surface area contributed by atoms with Gasteiger partial charge in [-0.25, -0.2) is 0 Å². The van der Waals surface area contributed by atoms with Crippen LogP contribution in [0.4, 0.5) is 13.2 Å². The van der Waals surface area contributed by atoms with Gasteiger partial charge in [0.15, 0.2) is 0 Å². The number of carbonyl (C=O) groups excluding carboxylic acids is 1. The molecule has 26 heavy (non-hydrogen) atoms. The van der Waals surface area contributed by atoms with E-state index in [1.807, 2.05) is 30.3 Å². The Bertz CT molecular complexity index is 757. The van der Waals surface area contributed by atoms with Crippen LogP contribution in [-0.4, -0.2) is 35.7 Å². The van der Waals surface area contributed by atoms with Crippen LogP contribution >= 0.6 is 0 Å². The van der Waals surface area contributed by atoms with Gasteiger partial charge in [-0.15, -0.1) is 0 Å². The standard InChI is InChI=1S/C20H20F3NO2/c1-3-19(26,20(21,22)23)17-11-9-16(10-12-17)18(25)24(2)14-13-15-7-5-4-6-8-15/h3-12,26H,1,13-14H2,2H3. The van der Waals surface area contributed by atoms with Gasteiger partial charge in [-0.1, -0.05) is 49.0 Å². The molecule has 0 saturated heterocycles. The second kappa shape index (κ2) is 7.74. The first-order valence-electron chi connectivity index (χ1n) is 8.01. The summed E-state index contributed by atoms with van der Waals surface area (Å²) in [7, 11) is 1.63. The van der Waals surface area contributed by atoms with Crippen LogP contribution in [-0.2, 0) is 12.0 Å². The summed E-state index contributed by atoms with van der Waals surface area (Å²) in [4.78, 5) is 13.9. The lowest BCUT2D eigenvalue weighted by atomic mass is 9.92. The number of hydrogen-bond donors (Lipinski definition) is 1. The van der Waals surface area contributed by atoms with Crippen molar-refractivity contribution in [2.24, 2.45) is 0 Å². The summed E-state index contributed by atoms with van der Waals surface area (Å²) < 4.78 is 39.1. The monoisotopic (exact) mass is 363 g/mol. The molecule has 1 N–H and O–H groups in total. The molecule has 1 unspecified atom stereocenters. The Morgan fingerprint density at radius 2 is 1.69 bits per heavy atom. The molecular formula is C20H20F3NO2. The van der Waals surface area contributed by atoms with E-state index in [4.69, 9.17) is 0 Å². The van der Waals surface area contributed by atoms with Crippen molar-refractivity contribution in [1.82, 2.24) is 4.90 Å². The number of likely N-dealkylation sites (N-methyl/N-ethyl adjacent to an activating group) is 1. The fourth-order valence-corrected chi connectivity index (χ4v) is 2.53. The van der Waals surface area contributed by atoms with Gasteiger partial charge in [-0.2, -0.15) is 13.2 Å². The predicted molar refractivity (Wildman–Crippen MR) is 93.7 cm³/mol. The average molecular weight is 363 g/mol. The molecule has 138 valence electrons. The molecule has 0 radical (unpaired) electrons. The summed E-state index contributed by atoms with van der Waals surface area (Å²) in [5, 5.41) is 9.84. The van der Waals surface area contributed by atoms with Crippen LogP contribution in [0.25, 0.3) is 0 Å². The van der Waals surface area contributed by atoms with Gasteiger partial charge >= 0.3 is 6.18 Å². The third-order valence-electron chi connectivity index (χ3n) is 4.22. The first-order valence-corrected chi connectivity index (χ1v) is 8.01. The van der Waals surface area contributed by atoms with E-state index in [-0.39, 0.29) is 17.0 Å². The van der Waals surface area contributed by atoms with Gasteiger partial charge in [0.1, 0.15) is 0 Å². The molecule has 0 aliphatic carbocycles. The van der Waals surface area contributed by atoms with E-state index in [1.54, 1.807) is 7.05 Å². The minimum absolute atomic E-state index is 0.248. The average Bonchev–Trinajstić information content (AvgIpc) is 2.64. The van der Waals surface area contributed by atoms with Crippen LogP contribution in [0.1, 0.15) is 21.5 Å². The number of nitrogens with zero attached hydrogens (tertiary/aromatic N) is 1. The Hall–Kier alpha value is -2.60. The lowest BCUT2D eigenvalue weighted by Crippen LogP contribution is -2.40. The molecule has 6 heteroatoms. The van der Waals surface area contributed by atoms with Gasteiger partial charge < -0.3 is 10.0 Å². The molecule has 0 aromatic heterocycles. The molecule has 0 saturated carbocycles. The molecule has 2 rings (SSSR count). The molecule has 1 atom stereocenters. The maximum atomic E-state index is 13.0. The summed E-state index contributed by atoms with van der Waals surface area (Å²) in [6.45, 7) is 3.55. The Labute approximate surface area is 150 Å². The number of aliphatic hydroxyl groups is 1. The van der Waals surface area contributed by atoms with Crippen molar-refractivity contribution in [3.05, 3.63) is 83.9 Å². The smallest absolute Gasteiger partial charge is 0.373 e. The minimum Gasteiger partial charge on any atom is -0.373 e. The van der Waals surface area contributed by atoms with Gasteiger partial charge in [0, 0.05) is 19.2 Å². The van der Waals surface area contributed by atoms with E-state index in [1.165, 1.54) is 17.0 Å². The topological polar surface area (TPSA) is 40.5 Å². The van der Waals surface area contributed by atoms with Crippen LogP contribution in [0.3, 0.4) is 0 Å². The van der Waals surface area contributed by atoms with Gasteiger partial charge in [0.2, 0.25) is 5.60 Å². The van der Waals surface area contributed by atoms with Crippen LogP contribution < -0.4 is 0 Å². The van der Waals surface area contributed by atoms with E-state index >= 15 is 0 Å². The van der Waals surface area contributed by atoms with Crippen molar-refractivity contribution >= 4 is 5.91 Å². The van der Waals surface area contributed by atoms with Gasteiger partial charge in [0.05, 0.1) is 0 Å². The number of amides is 1. The molecule has 3 nitrogen and oxygen atoms in total. The van der Waals surface area contributed by atoms with Crippen LogP contribution in [0.15, 0.2) is 67.3 Å². The molecule has 2 aromatic carbocycles.